The van der Waals surface area contributed by atoms with Gasteiger partial charge in [0.2, 0.25) is 0 Å². The quantitative estimate of drug-likeness (QED) is 0.693. The minimum absolute atomic E-state index is 0.391. The minimum atomic E-state index is 0.391. The first kappa shape index (κ1) is 11.0. The summed E-state index contributed by atoms with van der Waals surface area (Å²) < 4.78 is 0. The number of hydrogen-bond donors (Lipinski definition) is 1. The third kappa shape index (κ3) is 2.98. The van der Waals surface area contributed by atoms with Crippen molar-refractivity contribution in [2.45, 2.75) is 66.0 Å². The van der Waals surface area contributed by atoms with Crippen LogP contribution in [0.3, 0.4) is 0 Å². The molecule has 0 bridgehead atoms. The Morgan fingerprint density at radius 2 is 1.85 bits per heavy atom. The fraction of sp³-hybridized carbons (Fsp3) is 1.00. The van der Waals surface area contributed by atoms with Gasteiger partial charge in [-0.3, -0.25) is 0 Å². The summed E-state index contributed by atoms with van der Waals surface area (Å²) >= 11 is 0. The van der Waals surface area contributed by atoms with Gasteiger partial charge < -0.3 is 5.32 Å². The van der Waals surface area contributed by atoms with Gasteiger partial charge in [0.25, 0.3) is 0 Å². The molecule has 0 aliphatic heterocycles. The van der Waals surface area contributed by atoms with Crippen molar-refractivity contribution in [3.05, 3.63) is 0 Å². The predicted molar refractivity (Wildman–Crippen MR) is 58.9 cm³/mol. The Kier molecular flexibility index (Phi) is 3.39. The summed E-state index contributed by atoms with van der Waals surface area (Å²) in [5.74, 6) is 0.879. The molecule has 0 heterocycles. The highest BCUT2D eigenvalue weighted by molar-refractivity contribution is 4.86. The van der Waals surface area contributed by atoms with Crippen molar-refractivity contribution in [2.75, 3.05) is 0 Å². The molecule has 0 spiro atoms. The second-order valence-corrected chi connectivity index (χ2v) is 5.77. The van der Waals surface area contributed by atoms with Gasteiger partial charge in [0.1, 0.15) is 0 Å². The lowest BCUT2D eigenvalue weighted by Crippen LogP contribution is -2.44. The van der Waals surface area contributed by atoms with Crippen LogP contribution in [0.4, 0.5) is 0 Å². The largest absolute Gasteiger partial charge is 0.311 e. The second-order valence-electron chi connectivity index (χ2n) is 5.77. The van der Waals surface area contributed by atoms with Gasteiger partial charge in [0.15, 0.2) is 0 Å². The molecule has 0 aromatic carbocycles. The van der Waals surface area contributed by atoms with E-state index in [2.05, 4.69) is 39.9 Å². The van der Waals surface area contributed by atoms with Crippen LogP contribution in [0.5, 0.6) is 0 Å². The molecule has 13 heavy (non-hydrogen) atoms. The van der Waals surface area contributed by atoms with Gasteiger partial charge in [-0.2, -0.15) is 0 Å². The first-order valence-corrected chi connectivity index (χ1v) is 5.67. The van der Waals surface area contributed by atoms with E-state index in [0.717, 1.165) is 12.0 Å². The lowest BCUT2D eigenvalue weighted by molar-refractivity contribution is 0.247. The van der Waals surface area contributed by atoms with Gasteiger partial charge in [-0.25, -0.2) is 0 Å². The van der Waals surface area contributed by atoms with Crippen molar-refractivity contribution in [3.8, 4) is 0 Å². The molecular formula is C12H25N. The molecule has 78 valence electrons. The maximum Gasteiger partial charge on any atom is 0.00953 e. The van der Waals surface area contributed by atoms with Crippen LogP contribution in [0, 0.1) is 11.3 Å². The van der Waals surface area contributed by atoms with Crippen LogP contribution in [0.25, 0.3) is 0 Å². The van der Waals surface area contributed by atoms with Crippen molar-refractivity contribution in [2.24, 2.45) is 11.3 Å². The van der Waals surface area contributed by atoms with E-state index < -0.39 is 0 Å². The lowest BCUT2D eigenvalue weighted by atomic mass is 9.87. The highest BCUT2D eigenvalue weighted by Crippen LogP contribution is 2.27. The highest BCUT2D eigenvalue weighted by Gasteiger charge is 2.28. The minimum Gasteiger partial charge on any atom is -0.311 e. The second kappa shape index (κ2) is 4.00. The monoisotopic (exact) mass is 183 g/mol. The molecule has 1 N–H and O–H groups in total. The standard InChI is InChI=1S/C12H25N/c1-9-7-6-8-11(9)13-10(2)12(3,4)5/h9-11,13H,6-8H2,1-5H3. The van der Waals surface area contributed by atoms with Gasteiger partial charge in [-0.05, 0) is 31.1 Å². The van der Waals surface area contributed by atoms with Crippen molar-refractivity contribution in [1.29, 1.82) is 0 Å². The molecule has 1 heteroatoms. The molecule has 1 rings (SSSR count). The van der Waals surface area contributed by atoms with Gasteiger partial charge >= 0.3 is 0 Å². The average molecular weight is 183 g/mol. The van der Waals surface area contributed by atoms with E-state index in [1.165, 1.54) is 19.3 Å². The van der Waals surface area contributed by atoms with E-state index in [-0.39, 0.29) is 0 Å². The summed E-state index contributed by atoms with van der Waals surface area (Å²) in [4.78, 5) is 0. The molecule has 0 saturated heterocycles. The number of rotatable bonds is 2. The maximum atomic E-state index is 3.77. The van der Waals surface area contributed by atoms with E-state index in [0.29, 0.717) is 11.5 Å². The van der Waals surface area contributed by atoms with Crippen LogP contribution in [0.1, 0.15) is 53.9 Å². The molecule has 1 nitrogen and oxygen atoms in total. The fourth-order valence-corrected chi connectivity index (χ4v) is 1.96. The summed E-state index contributed by atoms with van der Waals surface area (Å²) in [5, 5.41) is 3.77. The van der Waals surface area contributed by atoms with Crippen LogP contribution >= 0.6 is 0 Å². The van der Waals surface area contributed by atoms with E-state index in [9.17, 15) is 0 Å². The molecule has 3 unspecified atom stereocenters. The van der Waals surface area contributed by atoms with Gasteiger partial charge in [-0.1, -0.05) is 34.1 Å². The van der Waals surface area contributed by atoms with Gasteiger partial charge in [0, 0.05) is 12.1 Å². The molecule has 1 aliphatic rings. The zero-order chi connectivity index (χ0) is 10.1. The van der Waals surface area contributed by atoms with Gasteiger partial charge in [0.05, 0.1) is 0 Å². The summed E-state index contributed by atoms with van der Waals surface area (Å²) in [6.45, 7) is 11.6. The molecule has 0 aromatic heterocycles. The molecule has 0 amide bonds. The van der Waals surface area contributed by atoms with E-state index in [1.54, 1.807) is 0 Å². The van der Waals surface area contributed by atoms with Crippen LogP contribution in [0.15, 0.2) is 0 Å². The van der Waals surface area contributed by atoms with Crippen molar-refractivity contribution in [1.82, 2.24) is 5.32 Å². The van der Waals surface area contributed by atoms with Crippen LogP contribution in [-0.4, -0.2) is 12.1 Å². The maximum absolute atomic E-state index is 3.77. The smallest absolute Gasteiger partial charge is 0.00953 e. The van der Waals surface area contributed by atoms with Crippen molar-refractivity contribution >= 4 is 0 Å². The van der Waals surface area contributed by atoms with Crippen LogP contribution in [-0.2, 0) is 0 Å². The van der Waals surface area contributed by atoms with Crippen LogP contribution < -0.4 is 5.32 Å². The number of hydrogen-bond acceptors (Lipinski definition) is 1. The Hall–Kier alpha value is -0.0400. The van der Waals surface area contributed by atoms with E-state index in [4.69, 9.17) is 0 Å². The lowest BCUT2D eigenvalue weighted by Gasteiger charge is -2.32. The summed E-state index contributed by atoms with van der Waals surface area (Å²) in [5.41, 5.74) is 0.391. The summed E-state index contributed by atoms with van der Waals surface area (Å²) in [6, 6.07) is 1.40. The Bertz CT molecular complexity index is 157. The third-order valence-corrected chi connectivity index (χ3v) is 3.62. The summed E-state index contributed by atoms with van der Waals surface area (Å²) in [7, 11) is 0. The average Bonchev–Trinajstić information content (AvgIpc) is 2.34. The third-order valence-electron chi connectivity index (χ3n) is 3.62. The highest BCUT2D eigenvalue weighted by atomic mass is 15.0. The van der Waals surface area contributed by atoms with E-state index >= 15 is 0 Å². The topological polar surface area (TPSA) is 12.0 Å². The Balaban J connectivity index is 2.40. The fourth-order valence-electron chi connectivity index (χ4n) is 1.96. The molecule has 3 atom stereocenters. The number of nitrogens with one attached hydrogen (secondary N) is 1. The van der Waals surface area contributed by atoms with Crippen molar-refractivity contribution in [3.63, 3.8) is 0 Å². The summed E-state index contributed by atoms with van der Waals surface area (Å²) in [6.07, 6.45) is 4.20. The zero-order valence-electron chi connectivity index (χ0n) is 9.85. The van der Waals surface area contributed by atoms with Crippen LogP contribution in [0.2, 0.25) is 0 Å². The SMILES string of the molecule is CC1CCCC1NC(C)C(C)(C)C. The zero-order valence-corrected chi connectivity index (χ0v) is 9.85. The van der Waals surface area contributed by atoms with Gasteiger partial charge in [-0.15, -0.1) is 0 Å². The Labute approximate surface area is 83.3 Å². The molecule has 1 aliphatic carbocycles. The molecule has 1 saturated carbocycles. The molecular weight excluding hydrogens is 158 g/mol. The van der Waals surface area contributed by atoms with E-state index in [1.807, 2.05) is 0 Å². The predicted octanol–water partition coefficient (Wildman–Crippen LogP) is 3.20. The molecule has 0 aromatic rings. The Morgan fingerprint density at radius 1 is 1.23 bits per heavy atom. The molecule has 1 fully saturated rings. The normalized spacial score (nSPS) is 32.1. The first-order chi connectivity index (χ1) is 5.91. The Morgan fingerprint density at radius 3 is 2.23 bits per heavy atom. The first-order valence-electron chi connectivity index (χ1n) is 5.67. The van der Waals surface area contributed by atoms with Crippen molar-refractivity contribution < 1.29 is 0 Å². The molecule has 0 radical (unpaired) electrons.